The summed E-state index contributed by atoms with van der Waals surface area (Å²) in [5.41, 5.74) is 3.06. The Balaban J connectivity index is 1.72. The van der Waals surface area contributed by atoms with Gasteiger partial charge in [-0.15, -0.1) is 0 Å². The van der Waals surface area contributed by atoms with Crippen molar-refractivity contribution in [1.82, 2.24) is 10.2 Å². The topological polar surface area (TPSA) is 96.0 Å². The molecule has 4 aromatic carbocycles. The average molecular weight is 614 g/mol. The molecule has 0 aliphatic carbocycles. The molecule has 0 aromatic heterocycles. The standard InChI is InChI=1S/C35H39N3O5S/c1-5-33(35(40)36-6-2)37(24-28-12-10-11-27(4)23-28)34(39)25-38(44(41,42)32-21-15-26(3)16-22-32)29-17-19-31(20-18-29)43-30-13-8-7-9-14-30/h7-23,33H,5-6,24-25H2,1-4H3,(H,36,40). The first-order valence-corrected chi connectivity index (χ1v) is 16.1. The van der Waals surface area contributed by atoms with Crippen LogP contribution in [0.4, 0.5) is 5.69 Å². The Morgan fingerprint density at radius 3 is 2.07 bits per heavy atom. The Hall–Kier alpha value is -4.63. The van der Waals surface area contributed by atoms with Gasteiger partial charge in [0.25, 0.3) is 10.0 Å². The molecule has 1 N–H and O–H groups in total. The van der Waals surface area contributed by atoms with Crippen LogP contribution in [0.5, 0.6) is 11.5 Å². The molecular formula is C35H39N3O5S. The first kappa shape index (κ1) is 32.3. The Kier molecular flexibility index (Phi) is 10.8. The van der Waals surface area contributed by atoms with E-state index in [1.807, 2.05) is 82.3 Å². The summed E-state index contributed by atoms with van der Waals surface area (Å²) in [5.74, 6) is 0.376. The monoisotopic (exact) mass is 613 g/mol. The smallest absolute Gasteiger partial charge is 0.264 e. The van der Waals surface area contributed by atoms with E-state index in [0.717, 1.165) is 21.0 Å². The van der Waals surface area contributed by atoms with Crippen molar-refractivity contribution in [2.24, 2.45) is 0 Å². The number of para-hydroxylation sites is 1. The fourth-order valence-electron chi connectivity index (χ4n) is 4.89. The zero-order chi connectivity index (χ0) is 31.7. The number of nitrogens with zero attached hydrogens (tertiary/aromatic N) is 2. The van der Waals surface area contributed by atoms with Crippen molar-refractivity contribution in [3.63, 3.8) is 0 Å². The van der Waals surface area contributed by atoms with Gasteiger partial charge in [-0.25, -0.2) is 8.42 Å². The third-order valence-corrected chi connectivity index (χ3v) is 8.95. The van der Waals surface area contributed by atoms with Crippen LogP contribution < -0.4 is 14.4 Å². The van der Waals surface area contributed by atoms with Crippen LogP contribution in [0.1, 0.15) is 37.0 Å². The van der Waals surface area contributed by atoms with Gasteiger partial charge in [-0.3, -0.25) is 13.9 Å². The maximum Gasteiger partial charge on any atom is 0.264 e. The molecule has 0 aliphatic heterocycles. The van der Waals surface area contributed by atoms with Gasteiger partial charge >= 0.3 is 0 Å². The predicted molar refractivity (Wildman–Crippen MR) is 173 cm³/mol. The Labute approximate surface area is 260 Å². The van der Waals surface area contributed by atoms with Gasteiger partial charge < -0.3 is 15.0 Å². The van der Waals surface area contributed by atoms with Gasteiger partial charge in [0.2, 0.25) is 11.8 Å². The summed E-state index contributed by atoms with van der Waals surface area (Å²) in [6.07, 6.45) is 0.361. The molecule has 1 unspecified atom stereocenters. The molecular weight excluding hydrogens is 574 g/mol. The van der Waals surface area contributed by atoms with E-state index in [2.05, 4.69) is 5.32 Å². The number of likely N-dealkylation sites (N-methyl/N-ethyl adjacent to an activating group) is 1. The van der Waals surface area contributed by atoms with E-state index in [-0.39, 0.29) is 17.3 Å². The van der Waals surface area contributed by atoms with Crippen molar-refractivity contribution in [2.45, 2.75) is 51.6 Å². The van der Waals surface area contributed by atoms with Crippen LogP contribution in [-0.2, 0) is 26.2 Å². The first-order valence-electron chi connectivity index (χ1n) is 14.7. The quantitative estimate of drug-likeness (QED) is 0.193. The fourth-order valence-corrected chi connectivity index (χ4v) is 6.30. The molecule has 2 amide bonds. The summed E-state index contributed by atoms with van der Waals surface area (Å²) in [5, 5.41) is 2.82. The summed E-state index contributed by atoms with van der Waals surface area (Å²) in [6.45, 7) is 7.54. The molecule has 230 valence electrons. The Bertz CT molecular complexity index is 1660. The van der Waals surface area contributed by atoms with Crippen LogP contribution in [0.3, 0.4) is 0 Å². The highest BCUT2D eigenvalue weighted by molar-refractivity contribution is 7.92. The van der Waals surface area contributed by atoms with Gasteiger partial charge in [-0.05, 0) is 81.3 Å². The minimum atomic E-state index is -4.17. The molecule has 0 fully saturated rings. The number of carbonyl (C=O) groups is 2. The predicted octanol–water partition coefficient (Wildman–Crippen LogP) is 6.23. The SMILES string of the molecule is CCNC(=O)C(CC)N(Cc1cccc(C)c1)C(=O)CN(c1ccc(Oc2ccccc2)cc1)S(=O)(=O)c1ccc(C)cc1. The lowest BCUT2D eigenvalue weighted by Crippen LogP contribution is -2.52. The number of aryl methyl sites for hydroxylation is 2. The average Bonchev–Trinajstić information content (AvgIpc) is 3.01. The second-order valence-corrected chi connectivity index (χ2v) is 12.4. The molecule has 4 rings (SSSR count). The zero-order valence-electron chi connectivity index (χ0n) is 25.6. The third kappa shape index (κ3) is 8.05. The van der Waals surface area contributed by atoms with E-state index >= 15 is 0 Å². The van der Waals surface area contributed by atoms with E-state index in [1.54, 1.807) is 36.4 Å². The Morgan fingerprint density at radius 1 is 0.795 bits per heavy atom. The zero-order valence-corrected chi connectivity index (χ0v) is 26.4. The minimum Gasteiger partial charge on any atom is -0.457 e. The van der Waals surface area contributed by atoms with Gasteiger partial charge in [0, 0.05) is 13.1 Å². The number of sulfonamides is 1. The van der Waals surface area contributed by atoms with Crippen LogP contribution in [-0.4, -0.2) is 44.3 Å². The molecule has 9 heteroatoms. The first-order chi connectivity index (χ1) is 21.1. The van der Waals surface area contributed by atoms with Crippen molar-refractivity contribution in [3.8, 4) is 11.5 Å². The van der Waals surface area contributed by atoms with E-state index < -0.39 is 28.5 Å². The molecule has 1 atom stereocenters. The number of anilines is 1. The fraction of sp³-hybridized carbons (Fsp3) is 0.257. The largest absolute Gasteiger partial charge is 0.457 e. The number of nitrogens with one attached hydrogen (secondary N) is 1. The van der Waals surface area contributed by atoms with Crippen LogP contribution >= 0.6 is 0 Å². The second-order valence-electron chi connectivity index (χ2n) is 10.6. The normalized spacial score (nSPS) is 11.8. The van der Waals surface area contributed by atoms with Crippen LogP contribution in [0.2, 0.25) is 0 Å². The minimum absolute atomic E-state index is 0.0570. The lowest BCUT2D eigenvalue weighted by Gasteiger charge is -2.33. The summed E-state index contributed by atoms with van der Waals surface area (Å²) in [6, 6.07) is 29.2. The number of ether oxygens (including phenoxy) is 1. The summed E-state index contributed by atoms with van der Waals surface area (Å²) in [7, 11) is -4.17. The number of amides is 2. The molecule has 4 aromatic rings. The number of hydrogen-bond donors (Lipinski definition) is 1. The molecule has 0 radical (unpaired) electrons. The van der Waals surface area contributed by atoms with E-state index in [4.69, 9.17) is 4.74 Å². The number of rotatable bonds is 13. The highest BCUT2D eigenvalue weighted by Gasteiger charge is 2.33. The maximum absolute atomic E-state index is 14.2. The molecule has 0 spiro atoms. The third-order valence-electron chi connectivity index (χ3n) is 7.16. The van der Waals surface area contributed by atoms with Crippen molar-refractivity contribution in [3.05, 3.63) is 120 Å². The van der Waals surface area contributed by atoms with Crippen molar-refractivity contribution in [1.29, 1.82) is 0 Å². The van der Waals surface area contributed by atoms with Gasteiger partial charge in [0.1, 0.15) is 24.1 Å². The highest BCUT2D eigenvalue weighted by Crippen LogP contribution is 2.29. The Morgan fingerprint density at radius 2 is 1.45 bits per heavy atom. The van der Waals surface area contributed by atoms with Crippen LogP contribution in [0, 0.1) is 13.8 Å². The number of carbonyl (C=O) groups excluding carboxylic acids is 2. The van der Waals surface area contributed by atoms with E-state index in [9.17, 15) is 18.0 Å². The summed E-state index contributed by atoms with van der Waals surface area (Å²) < 4.78 is 35.2. The molecule has 0 saturated carbocycles. The number of hydrogen-bond acceptors (Lipinski definition) is 5. The van der Waals surface area contributed by atoms with Crippen LogP contribution in [0.25, 0.3) is 0 Å². The van der Waals surface area contributed by atoms with Gasteiger partial charge in [0.05, 0.1) is 10.6 Å². The second kappa shape index (κ2) is 14.7. The lowest BCUT2D eigenvalue weighted by molar-refractivity contribution is -0.140. The summed E-state index contributed by atoms with van der Waals surface area (Å²) >= 11 is 0. The highest BCUT2D eigenvalue weighted by atomic mass is 32.2. The van der Waals surface area contributed by atoms with Gasteiger partial charge in [-0.1, -0.05) is 72.6 Å². The number of benzene rings is 4. The maximum atomic E-state index is 14.2. The molecule has 0 saturated heterocycles. The molecule has 0 aliphatic rings. The lowest BCUT2D eigenvalue weighted by atomic mass is 10.1. The summed E-state index contributed by atoms with van der Waals surface area (Å²) in [4.78, 5) is 28.8. The van der Waals surface area contributed by atoms with E-state index in [0.29, 0.717) is 30.2 Å². The van der Waals surface area contributed by atoms with Crippen LogP contribution in [0.15, 0.2) is 108 Å². The van der Waals surface area contributed by atoms with Gasteiger partial charge in [0.15, 0.2) is 0 Å². The molecule has 8 nitrogen and oxygen atoms in total. The molecule has 0 bridgehead atoms. The van der Waals surface area contributed by atoms with E-state index in [1.165, 1.54) is 17.0 Å². The molecule has 0 heterocycles. The van der Waals surface area contributed by atoms with Gasteiger partial charge in [-0.2, -0.15) is 0 Å². The van der Waals surface area contributed by atoms with Crippen molar-refractivity contribution >= 4 is 27.5 Å². The molecule has 44 heavy (non-hydrogen) atoms. The van der Waals surface area contributed by atoms with Crippen molar-refractivity contribution in [2.75, 3.05) is 17.4 Å². The van der Waals surface area contributed by atoms with Crippen molar-refractivity contribution < 1.29 is 22.7 Å².